The van der Waals surface area contributed by atoms with Gasteiger partial charge in [0.15, 0.2) is 17.6 Å². The van der Waals surface area contributed by atoms with Crippen LogP contribution in [0.15, 0.2) is 34.5 Å². The molecule has 86 valence electrons. The summed E-state index contributed by atoms with van der Waals surface area (Å²) >= 11 is 0. The topological polar surface area (TPSA) is 82.7 Å². The Morgan fingerprint density at radius 1 is 1.18 bits per heavy atom. The van der Waals surface area contributed by atoms with E-state index in [2.05, 4.69) is 10.2 Å². The third kappa shape index (κ3) is 3.61. The Bertz CT molecular complexity index is 483. The van der Waals surface area contributed by atoms with E-state index in [0.29, 0.717) is 11.3 Å². The highest BCUT2D eigenvalue weighted by Crippen LogP contribution is 2.14. The van der Waals surface area contributed by atoms with Crippen molar-refractivity contribution in [2.45, 2.75) is 19.9 Å². The first-order valence-electron chi connectivity index (χ1n) is 4.96. The molecular weight excluding hydrogens is 218 g/mol. The summed E-state index contributed by atoms with van der Waals surface area (Å²) in [7, 11) is 0. The normalized spacial score (nSPS) is 10.5. The van der Waals surface area contributed by atoms with E-state index >= 15 is 0 Å². The van der Waals surface area contributed by atoms with Crippen LogP contribution in [0.3, 0.4) is 0 Å². The molecule has 0 radical (unpaired) electrons. The van der Waals surface area contributed by atoms with Gasteiger partial charge in [-0.1, -0.05) is 0 Å². The van der Waals surface area contributed by atoms with Crippen molar-refractivity contribution >= 4 is 17.3 Å². The van der Waals surface area contributed by atoms with Crippen LogP contribution in [-0.4, -0.2) is 17.6 Å². The second kappa shape index (κ2) is 5.66. The molecule has 0 unspecified atom stereocenters. The van der Waals surface area contributed by atoms with Crippen LogP contribution in [0, 0.1) is 11.3 Å². The number of nitriles is 1. The average Bonchev–Trinajstić information content (AvgIpc) is 2.29. The third-order valence-corrected chi connectivity index (χ3v) is 2.06. The molecule has 0 bridgehead atoms. The molecule has 0 atom stereocenters. The van der Waals surface area contributed by atoms with Gasteiger partial charge in [0.1, 0.15) is 0 Å². The Hall–Kier alpha value is -2.35. The number of carbonyl (C=O) groups is 2. The maximum Gasteiger partial charge on any atom is 0.187 e. The van der Waals surface area contributed by atoms with E-state index in [-0.39, 0.29) is 11.6 Å². The van der Waals surface area contributed by atoms with E-state index in [1.165, 1.54) is 13.8 Å². The van der Waals surface area contributed by atoms with Crippen molar-refractivity contribution in [1.29, 1.82) is 5.26 Å². The third-order valence-electron chi connectivity index (χ3n) is 2.06. The summed E-state index contributed by atoms with van der Waals surface area (Å²) in [6.45, 7) is 2.59. The van der Waals surface area contributed by atoms with Gasteiger partial charge in [0.25, 0.3) is 0 Å². The second-order valence-electron chi connectivity index (χ2n) is 3.50. The maximum absolute atomic E-state index is 11.1. The van der Waals surface area contributed by atoms with Crippen LogP contribution in [-0.2, 0) is 9.59 Å². The number of hydrogen-bond donors (Lipinski definition) is 0. The number of carbonyl (C=O) groups excluding carboxylic acids is 2. The zero-order valence-corrected chi connectivity index (χ0v) is 9.54. The lowest BCUT2D eigenvalue weighted by Crippen LogP contribution is -2.23. The van der Waals surface area contributed by atoms with Gasteiger partial charge in [-0.3, -0.25) is 9.59 Å². The van der Waals surface area contributed by atoms with Gasteiger partial charge in [0.2, 0.25) is 0 Å². The molecule has 1 rings (SSSR count). The molecule has 0 N–H and O–H groups in total. The molecule has 1 aromatic rings. The van der Waals surface area contributed by atoms with Gasteiger partial charge in [0, 0.05) is 0 Å². The van der Waals surface area contributed by atoms with Crippen LogP contribution in [0.2, 0.25) is 0 Å². The maximum atomic E-state index is 11.1. The van der Waals surface area contributed by atoms with Gasteiger partial charge in [-0.05, 0) is 38.1 Å². The van der Waals surface area contributed by atoms with E-state index in [1.807, 2.05) is 6.07 Å². The van der Waals surface area contributed by atoms with Crippen molar-refractivity contribution in [3.63, 3.8) is 0 Å². The number of azo groups is 1. The van der Waals surface area contributed by atoms with E-state index in [9.17, 15) is 9.59 Å². The van der Waals surface area contributed by atoms with Crippen LogP contribution in [0.25, 0.3) is 0 Å². The summed E-state index contributed by atoms with van der Waals surface area (Å²) in [4.78, 5) is 22.2. The van der Waals surface area contributed by atoms with E-state index < -0.39 is 6.04 Å². The number of Topliss-reactive ketones (excluding diaryl/α,β-unsaturated/α-hetero) is 2. The molecule has 17 heavy (non-hydrogen) atoms. The van der Waals surface area contributed by atoms with Crippen LogP contribution in [0.5, 0.6) is 0 Å². The van der Waals surface area contributed by atoms with Gasteiger partial charge in [-0.15, -0.1) is 0 Å². The van der Waals surface area contributed by atoms with Crippen LogP contribution < -0.4 is 0 Å². The van der Waals surface area contributed by atoms with Crippen molar-refractivity contribution in [3.05, 3.63) is 29.8 Å². The molecule has 0 heterocycles. The highest BCUT2D eigenvalue weighted by atomic mass is 16.2. The predicted octanol–water partition coefficient (Wildman–Crippen LogP) is 2.19. The number of benzene rings is 1. The molecule has 0 spiro atoms. The summed E-state index contributed by atoms with van der Waals surface area (Å²) in [5, 5.41) is 16.1. The molecule has 5 nitrogen and oxygen atoms in total. The lowest BCUT2D eigenvalue weighted by Gasteiger charge is -2.01. The highest BCUT2D eigenvalue weighted by molar-refractivity contribution is 6.04. The summed E-state index contributed by atoms with van der Waals surface area (Å²) in [5.74, 6) is -0.676. The summed E-state index contributed by atoms with van der Waals surface area (Å²) < 4.78 is 0. The zero-order valence-electron chi connectivity index (χ0n) is 9.54. The van der Waals surface area contributed by atoms with E-state index in [1.54, 1.807) is 24.3 Å². The Morgan fingerprint density at radius 2 is 1.71 bits per heavy atom. The standard InChI is InChI=1S/C12H11N3O2/c1-8(16)12(9(2)17)15-14-11-5-3-10(7-13)4-6-11/h3-6,12H,1-2H3. The average molecular weight is 229 g/mol. The van der Waals surface area contributed by atoms with Gasteiger partial charge < -0.3 is 0 Å². The Labute approximate surface area is 98.8 Å². The minimum atomic E-state index is -1.04. The Morgan fingerprint density at radius 3 is 2.12 bits per heavy atom. The monoisotopic (exact) mass is 229 g/mol. The summed E-state index contributed by atoms with van der Waals surface area (Å²) in [6, 6.07) is 7.31. The summed E-state index contributed by atoms with van der Waals surface area (Å²) in [5.41, 5.74) is 1.01. The van der Waals surface area contributed by atoms with Gasteiger partial charge in [-0.25, -0.2) is 0 Å². The Balaban J connectivity index is 2.85. The molecule has 0 saturated heterocycles. The van der Waals surface area contributed by atoms with Crippen LogP contribution in [0.4, 0.5) is 5.69 Å². The fourth-order valence-electron chi connectivity index (χ4n) is 1.18. The van der Waals surface area contributed by atoms with Crippen LogP contribution >= 0.6 is 0 Å². The van der Waals surface area contributed by atoms with E-state index in [4.69, 9.17) is 5.26 Å². The molecule has 0 aliphatic carbocycles. The van der Waals surface area contributed by atoms with Crippen molar-refractivity contribution in [2.24, 2.45) is 10.2 Å². The predicted molar refractivity (Wildman–Crippen MR) is 60.8 cm³/mol. The molecule has 0 amide bonds. The van der Waals surface area contributed by atoms with Gasteiger partial charge in [-0.2, -0.15) is 15.5 Å². The first kappa shape index (κ1) is 12.7. The van der Waals surface area contributed by atoms with Crippen molar-refractivity contribution < 1.29 is 9.59 Å². The molecule has 5 heteroatoms. The van der Waals surface area contributed by atoms with Gasteiger partial charge >= 0.3 is 0 Å². The molecule has 1 aromatic carbocycles. The smallest absolute Gasteiger partial charge is 0.187 e. The molecule has 0 fully saturated rings. The molecule has 0 aliphatic rings. The fourth-order valence-corrected chi connectivity index (χ4v) is 1.18. The second-order valence-corrected chi connectivity index (χ2v) is 3.50. The zero-order chi connectivity index (χ0) is 12.8. The first-order chi connectivity index (χ1) is 8.04. The molecular formula is C12H11N3O2. The van der Waals surface area contributed by atoms with Gasteiger partial charge in [0.05, 0.1) is 17.3 Å². The quantitative estimate of drug-likeness (QED) is 0.586. The first-order valence-corrected chi connectivity index (χ1v) is 4.96. The summed E-state index contributed by atoms with van der Waals surface area (Å²) in [6.07, 6.45) is 0. The number of hydrogen-bond acceptors (Lipinski definition) is 5. The minimum Gasteiger partial charge on any atom is -0.297 e. The lowest BCUT2D eigenvalue weighted by molar-refractivity contribution is -0.126. The van der Waals surface area contributed by atoms with Crippen molar-refractivity contribution in [1.82, 2.24) is 0 Å². The van der Waals surface area contributed by atoms with Crippen molar-refractivity contribution in [2.75, 3.05) is 0 Å². The van der Waals surface area contributed by atoms with Crippen molar-refractivity contribution in [3.8, 4) is 6.07 Å². The highest BCUT2D eigenvalue weighted by Gasteiger charge is 2.18. The fraction of sp³-hybridized carbons (Fsp3) is 0.250. The SMILES string of the molecule is CC(=O)C(N=Nc1ccc(C#N)cc1)C(C)=O. The Kier molecular flexibility index (Phi) is 4.23. The molecule has 0 saturated carbocycles. The lowest BCUT2D eigenvalue weighted by atomic mass is 10.1. The number of ketones is 2. The largest absolute Gasteiger partial charge is 0.297 e. The molecule has 0 aliphatic heterocycles. The minimum absolute atomic E-state index is 0.338. The molecule has 0 aromatic heterocycles. The van der Waals surface area contributed by atoms with Crippen LogP contribution in [0.1, 0.15) is 19.4 Å². The number of rotatable bonds is 4. The number of nitrogens with zero attached hydrogens (tertiary/aromatic N) is 3. The van der Waals surface area contributed by atoms with E-state index in [0.717, 1.165) is 0 Å².